The van der Waals surface area contributed by atoms with Gasteiger partial charge in [0.2, 0.25) is 0 Å². The number of likely N-dealkylation sites (tertiary alicyclic amines) is 1. The van der Waals surface area contributed by atoms with E-state index >= 15 is 0 Å². The summed E-state index contributed by atoms with van der Waals surface area (Å²) in [6, 6.07) is 1.99. The summed E-state index contributed by atoms with van der Waals surface area (Å²) in [5, 5.41) is 3.35. The van der Waals surface area contributed by atoms with E-state index in [-0.39, 0.29) is 5.91 Å². The number of amides is 1. The number of nitrogens with zero attached hydrogens (tertiary/aromatic N) is 2. The number of carbonyl (C=O) groups is 1. The zero-order valence-electron chi connectivity index (χ0n) is 10.5. The molecule has 18 heavy (non-hydrogen) atoms. The molecule has 1 amide bonds. The first-order valence-electron chi connectivity index (χ1n) is 6.30. The molecular weight excluding hydrogens is 250 g/mol. The number of pyridine rings is 1. The van der Waals surface area contributed by atoms with Crippen LogP contribution in [0.3, 0.4) is 0 Å². The molecule has 0 saturated carbocycles. The van der Waals surface area contributed by atoms with Gasteiger partial charge < -0.3 is 5.32 Å². The molecule has 1 aromatic rings. The number of carbonyl (C=O) groups excluding carboxylic acids is 1. The smallest absolute Gasteiger partial charge is 0.254 e. The van der Waals surface area contributed by atoms with Gasteiger partial charge in [-0.1, -0.05) is 11.6 Å². The fourth-order valence-electron chi connectivity index (χ4n) is 2.19. The largest absolute Gasteiger partial charge is 0.350 e. The van der Waals surface area contributed by atoms with E-state index in [0.29, 0.717) is 23.2 Å². The zero-order chi connectivity index (χ0) is 13.0. The lowest BCUT2D eigenvalue weighted by Gasteiger charge is -2.23. The quantitative estimate of drug-likeness (QED) is 0.907. The van der Waals surface area contributed by atoms with Crippen LogP contribution in [0.15, 0.2) is 18.5 Å². The Balaban J connectivity index is 1.86. The van der Waals surface area contributed by atoms with Crippen LogP contribution < -0.4 is 5.32 Å². The first-order valence-corrected chi connectivity index (χ1v) is 6.68. The Kier molecular flexibility index (Phi) is 4.55. The number of hydrogen-bond acceptors (Lipinski definition) is 3. The first kappa shape index (κ1) is 13.3. The fourth-order valence-corrected chi connectivity index (χ4v) is 2.38. The van der Waals surface area contributed by atoms with Crippen molar-refractivity contribution >= 4 is 17.5 Å². The minimum absolute atomic E-state index is 0.154. The van der Waals surface area contributed by atoms with Gasteiger partial charge in [0.05, 0.1) is 10.6 Å². The second-order valence-electron chi connectivity index (χ2n) is 4.66. The first-order chi connectivity index (χ1) is 8.68. The minimum atomic E-state index is -0.154. The fraction of sp³-hybridized carbons (Fsp3) is 0.538. The molecule has 0 aliphatic carbocycles. The predicted octanol–water partition coefficient (Wildman–Crippen LogP) is 1.95. The van der Waals surface area contributed by atoms with Crippen molar-refractivity contribution in [3.8, 4) is 0 Å². The monoisotopic (exact) mass is 267 g/mol. The summed E-state index contributed by atoms with van der Waals surface area (Å²) in [5.74, 6) is -0.154. The van der Waals surface area contributed by atoms with Gasteiger partial charge in [0.1, 0.15) is 0 Å². The van der Waals surface area contributed by atoms with E-state index in [1.165, 1.54) is 19.0 Å². The van der Waals surface area contributed by atoms with Gasteiger partial charge in [0, 0.05) is 25.0 Å². The molecule has 1 N–H and O–H groups in total. The minimum Gasteiger partial charge on any atom is -0.350 e. The van der Waals surface area contributed by atoms with Crippen molar-refractivity contribution < 1.29 is 4.79 Å². The lowest BCUT2D eigenvalue weighted by atomic mass is 10.2. The third-order valence-electron chi connectivity index (χ3n) is 3.33. The van der Waals surface area contributed by atoms with Gasteiger partial charge in [-0.2, -0.15) is 0 Å². The summed E-state index contributed by atoms with van der Waals surface area (Å²) in [7, 11) is 0. The van der Waals surface area contributed by atoms with E-state index in [0.717, 1.165) is 13.1 Å². The van der Waals surface area contributed by atoms with Crippen LogP contribution in [0.25, 0.3) is 0 Å². The Hall–Kier alpha value is -1.13. The van der Waals surface area contributed by atoms with Crippen LogP contribution in [0.1, 0.15) is 30.1 Å². The Labute approximate surface area is 112 Å². The summed E-state index contributed by atoms with van der Waals surface area (Å²) < 4.78 is 0. The molecular formula is C13H18ClN3O. The molecule has 1 fully saturated rings. The Morgan fingerprint density at radius 1 is 1.56 bits per heavy atom. The SMILES string of the molecule is CC(CNC(=O)c1cnccc1Cl)N1CCCC1. The van der Waals surface area contributed by atoms with Crippen LogP contribution in [0.2, 0.25) is 5.02 Å². The maximum atomic E-state index is 11.9. The molecule has 0 spiro atoms. The molecule has 2 rings (SSSR count). The Morgan fingerprint density at radius 3 is 2.94 bits per heavy atom. The van der Waals surface area contributed by atoms with Crippen molar-refractivity contribution in [1.29, 1.82) is 0 Å². The van der Waals surface area contributed by atoms with E-state index in [9.17, 15) is 4.79 Å². The highest BCUT2D eigenvalue weighted by molar-refractivity contribution is 6.33. The Morgan fingerprint density at radius 2 is 2.28 bits per heavy atom. The van der Waals surface area contributed by atoms with Gasteiger partial charge in [-0.05, 0) is 38.9 Å². The highest BCUT2D eigenvalue weighted by Crippen LogP contribution is 2.14. The lowest BCUT2D eigenvalue weighted by molar-refractivity contribution is 0.0940. The molecule has 1 aliphatic rings. The van der Waals surface area contributed by atoms with E-state index in [1.807, 2.05) is 0 Å². The number of aromatic nitrogens is 1. The second kappa shape index (κ2) is 6.16. The van der Waals surface area contributed by atoms with Gasteiger partial charge >= 0.3 is 0 Å². The molecule has 1 unspecified atom stereocenters. The number of halogens is 1. The standard InChI is InChI=1S/C13H18ClN3O/c1-10(17-6-2-3-7-17)8-16-13(18)11-9-15-5-4-12(11)14/h4-5,9-10H,2-3,6-8H2,1H3,(H,16,18). The maximum Gasteiger partial charge on any atom is 0.254 e. The van der Waals surface area contributed by atoms with Crippen molar-refractivity contribution in [2.75, 3.05) is 19.6 Å². The van der Waals surface area contributed by atoms with Gasteiger partial charge in [-0.25, -0.2) is 0 Å². The third kappa shape index (κ3) is 3.21. The maximum absolute atomic E-state index is 11.9. The van der Waals surface area contributed by atoms with Gasteiger partial charge in [0.25, 0.3) is 5.91 Å². The normalized spacial score (nSPS) is 17.7. The molecule has 0 aromatic carbocycles. The molecule has 2 heterocycles. The van der Waals surface area contributed by atoms with Crippen LogP contribution in [0.5, 0.6) is 0 Å². The molecule has 1 saturated heterocycles. The van der Waals surface area contributed by atoms with E-state index in [2.05, 4.69) is 22.1 Å². The van der Waals surface area contributed by atoms with E-state index in [1.54, 1.807) is 12.3 Å². The van der Waals surface area contributed by atoms with Crippen molar-refractivity contribution in [2.45, 2.75) is 25.8 Å². The van der Waals surface area contributed by atoms with Crippen LogP contribution in [0.4, 0.5) is 0 Å². The molecule has 1 atom stereocenters. The summed E-state index contributed by atoms with van der Waals surface area (Å²) >= 11 is 5.95. The average Bonchev–Trinajstić information content (AvgIpc) is 2.90. The summed E-state index contributed by atoms with van der Waals surface area (Å²) in [4.78, 5) is 18.2. The third-order valence-corrected chi connectivity index (χ3v) is 3.66. The van der Waals surface area contributed by atoms with Gasteiger partial charge in [0.15, 0.2) is 0 Å². The Bertz CT molecular complexity index is 418. The van der Waals surface area contributed by atoms with Gasteiger partial charge in [-0.15, -0.1) is 0 Å². The summed E-state index contributed by atoms with van der Waals surface area (Å²) in [6.07, 6.45) is 5.59. The summed E-state index contributed by atoms with van der Waals surface area (Å²) in [6.45, 7) is 5.04. The second-order valence-corrected chi connectivity index (χ2v) is 5.06. The predicted molar refractivity (Wildman–Crippen MR) is 71.8 cm³/mol. The number of nitrogens with one attached hydrogen (secondary N) is 1. The van der Waals surface area contributed by atoms with Crippen molar-refractivity contribution in [3.63, 3.8) is 0 Å². The van der Waals surface area contributed by atoms with Crippen molar-refractivity contribution in [2.24, 2.45) is 0 Å². The van der Waals surface area contributed by atoms with E-state index in [4.69, 9.17) is 11.6 Å². The average molecular weight is 268 g/mol. The summed E-state index contributed by atoms with van der Waals surface area (Å²) in [5.41, 5.74) is 0.438. The lowest BCUT2D eigenvalue weighted by Crippen LogP contribution is -2.40. The topological polar surface area (TPSA) is 45.2 Å². The molecule has 0 radical (unpaired) electrons. The van der Waals surface area contributed by atoms with Gasteiger partial charge in [-0.3, -0.25) is 14.7 Å². The van der Waals surface area contributed by atoms with Crippen molar-refractivity contribution in [1.82, 2.24) is 15.2 Å². The molecule has 4 nitrogen and oxygen atoms in total. The zero-order valence-corrected chi connectivity index (χ0v) is 11.3. The molecule has 1 aromatic heterocycles. The molecule has 98 valence electrons. The van der Waals surface area contributed by atoms with Crippen LogP contribution in [0, 0.1) is 0 Å². The van der Waals surface area contributed by atoms with Crippen LogP contribution in [-0.4, -0.2) is 41.5 Å². The van der Waals surface area contributed by atoms with Crippen molar-refractivity contribution in [3.05, 3.63) is 29.0 Å². The molecule has 5 heteroatoms. The molecule has 1 aliphatic heterocycles. The number of hydrogen-bond donors (Lipinski definition) is 1. The van der Waals surface area contributed by atoms with Crippen LogP contribution >= 0.6 is 11.6 Å². The molecule has 0 bridgehead atoms. The van der Waals surface area contributed by atoms with Crippen LogP contribution in [-0.2, 0) is 0 Å². The highest BCUT2D eigenvalue weighted by Gasteiger charge is 2.19. The van der Waals surface area contributed by atoms with E-state index < -0.39 is 0 Å². The number of rotatable bonds is 4. The highest BCUT2D eigenvalue weighted by atomic mass is 35.5.